The van der Waals surface area contributed by atoms with Crippen LogP contribution in [-0.4, -0.2) is 38.0 Å². The van der Waals surface area contributed by atoms with Gasteiger partial charge in [-0.15, -0.1) is 0 Å². The second-order valence-electron chi connectivity index (χ2n) is 11.2. The van der Waals surface area contributed by atoms with E-state index in [1.165, 1.54) is 11.1 Å². The van der Waals surface area contributed by atoms with Crippen molar-refractivity contribution in [3.63, 3.8) is 0 Å². The van der Waals surface area contributed by atoms with Crippen molar-refractivity contribution in [1.82, 2.24) is 0 Å². The minimum absolute atomic E-state index is 0.120. The first-order chi connectivity index (χ1) is 17.3. The van der Waals surface area contributed by atoms with E-state index in [1.54, 1.807) is 0 Å². The molecule has 0 spiro atoms. The zero-order valence-corrected chi connectivity index (χ0v) is 22.6. The predicted molar refractivity (Wildman–Crippen MR) is 146 cm³/mol. The molecule has 3 rings (SSSR count). The van der Waals surface area contributed by atoms with Crippen molar-refractivity contribution in [1.29, 1.82) is 0 Å². The van der Waals surface area contributed by atoms with E-state index in [-0.39, 0.29) is 17.3 Å². The lowest BCUT2D eigenvalue weighted by molar-refractivity contribution is -0.158. The van der Waals surface area contributed by atoms with Crippen molar-refractivity contribution in [2.24, 2.45) is 11.3 Å². The fraction of sp³-hybridized carbons (Fsp3) is 0.531. The molecule has 0 amide bonds. The predicted octanol–water partition coefficient (Wildman–Crippen LogP) is 6.97. The highest BCUT2D eigenvalue weighted by Gasteiger charge is 2.39. The zero-order chi connectivity index (χ0) is 25.9. The summed E-state index contributed by atoms with van der Waals surface area (Å²) >= 11 is 0. The van der Waals surface area contributed by atoms with Crippen molar-refractivity contribution in [2.75, 3.05) is 26.4 Å². The summed E-state index contributed by atoms with van der Waals surface area (Å²) in [6.45, 7) is 10.4. The Kier molecular flexibility index (Phi) is 10.8. The van der Waals surface area contributed by atoms with Crippen molar-refractivity contribution >= 4 is 5.97 Å². The highest BCUT2D eigenvalue weighted by molar-refractivity contribution is 5.76. The number of benzene rings is 2. The summed E-state index contributed by atoms with van der Waals surface area (Å²) in [5, 5.41) is 0. The third kappa shape index (κ3) is 9.55. The molecule has 1 aliphatic rings. The van der Waals surface area contributed by atoms with Gasteiger partial charge in [0.05, 0.1) is 19.1 Å². The molecule has 196 valence electrons. The summed E-state index contributed by atoms with van der Waals surface area (Å²) < 4.78 is 18.1. The lowest BCUT2D eigenvalue weighted by Crippen LogP contribution is -2.32. The molecule has 0 bridgehead atoms. The standard InChI is InChI=1S/C32H44O4/c1-26(30(33)36-31(2,3)4)29-19-20-32(23-29,24-34-21-11-17-27-13-7-5-8-14-27)25-35-22-12-18-28-15-9-6-10-16-28/h5-10,13-16,19,26H,11-12,17-18,20-25H2,1-4H3. The topological polar surface area (TPSA) is 44.8 Å². The number of aryl methyl sites for hydroxylation is 2. The minimum Gasteiger partial charge on any atom is -0.460 e. The van der Waals surface area contributed by atoms with Crippen LogP contribution in [0.5, 0.6) is 0 Å². The summed E-state index contributed by atoms with van der Waals surface area (Å²) in [5.41, 5.74) is 3.23. The number of ether oxygens (including phenoxy) is 3. The third-order valence-electron chi connectivity index (χ3n) is 6.70. The van der Waals surface area contributed by atoms with Gasteiger partial charge < -0.3 is 14.2 Å². The van der Waals surface area contributed by atoms with Gasteiger partial charge in [0.15, 0.2) is 0 Å². The molecule has 4 heteroatoms. The second-order valence-corrected chi connectivity index (χ2v) is 11.2. The fourth-order valence-electron chi connectivity index (χ4n) is 4.68. The third-order valence-corrected chi connectivity index (χ3v) is 6.70. The summed E-state index contributed by atoms with van der Waals surface area (Å²) in [6, 6.07) is 21.1. The van der Waals surface area contributed by atoms with Crippen LogP contribution < -0.4 is 0 Å². The number of allylic oxidation sites excluding steroid dienone is 1. The molecule has 0 aliphatic heterocycles. The first-order valence-electron chi connectivity index (χ1n) is 13.4. The van der Waals surface area contributed by atoms with E-state index < -0.39 is 5.60 Å². The van der Waals surface area contributed by atoms with Gasteiger partial charge in [-0.1, -0.05) is 72.3 Å². The summed E-state index contributed by atoms with van der Waals surface area (Å²) in [6.07, 6.45) is 7.91. The van der Waals surface area contributed by atoms with E-state index in [9.17, 15) is 4.79 Å². The van der Waals surface area contributed by atoms with Crippen molar-refractivity contribution in [2.45, 2.75) is 71.8 Å². The molecule has 0 heterocycles. The lowest BCUT2D eigenvalue weighted by atomic mass is 9.84. The number of esters is 1. The highest BCUT2D eigenvalue weighted by atomic mass is 16.6. The summed E-state index contributed by atoms with van der Waals surface area (Å²) in [7, 11) is 0. The van der Waals surface area contributed by atoms with E-state index in [0.717, 1.165) is 57.3 Å². The normalized spacial score (nSPS) is 15.9. The lowest BCUT2D eigenvalue weighted by Gasteiger charge is -2.30. The Morgan fingerprint density at radius 2 is 1.36 bits per heavy atom. The van der Waals surface area contributed by atoms with Gasteiger partial charge in [-0.2, -0.15) is 0 Å². The van der Waals surface area contributed by atoms with E-state index in [4.69, 9.17) is 14.2 Å². The Labute approximate surface area is 218 Å². The molecule has 1 unspecified atom stereocenters. The van der Waals surface area contributed by atoms with Crippen LogP contribution in [0.4, 0.5) is 0 Å². The van der Waals surface area contributed by atoms with Crippen molar-refractivity contribution < 1.29 is 19.0 Å². The molecule has 0 aromatic heterocycles. The van der Waals surface area contributed by atoms with E-state index in [0.29, 0.717) is 13.2 Å². The molecule has 2 aromatic carbocycles. The molecule has 0 saturated carbocycles. The monoisotopic (exact) mass is 492 g/mol. The van der Waals surface area contributed by atoms with Crippen LogP contribution in [-0.2, 0) is 31.8 Å². The highest BCUT2D eigenvalue weighted by Crippen LogP contribution is 2.41. The van der Waals surface area contributed by atoms with Gasteiger partial charge in [-0.3, -0.25) is 4.79 Å². The maximum absolute atomic E-state index is 12.7. The van der Waals surface area contributed by atoms with Crippen LogP contribution in [0.2, 0.25) is 0 Å². The molecular formula is C32H44O4. The van der Waals surface area contributed by atoms with E-state index in [2.05, 4.69) is 54.6 Å². The first kappa shape index (κ1) is 28.1. The molecule has 0 fully saturated rings. The Hall–Kier alpha value is -2.43. The summed E-state index contributed by atoms with van der Waals surface area (Å²) in [4.78, 5) is 12.7. The minimum atomic E-state index is -0.481. The molecule has 36 heavy (non-hydrogen) atoms. The first-order valence-corrected chi connectivity index (χ1v) is 13.4. The molecule has 1 atom stereocenters. The Morgan fingerprint density at radius 3 is 1.83 bits per heavy atom. The molecule has 1 aliphatic carbocycles. The van der Waals surface area contributed by atoms with Gasteiger partial charge in [0.2, 0.25) is 0 Å². The Bertz CT molecular complexity index is 894. The number of hydrogen-bond donors (Lipinski definition) is 0. The zero-order valence-electron chi connectivity index (χ0n) is 22.6. The molecule has 0 saturated heterocycles. The average molecular weight is 493 g/mol. The average Bonchev–Trinajstić information content (AvgIpc) is 3.28. The summed E-state index contributed by atoms with van der Waals surface area (Å²) in [5.74, 6) is -0.403. The van der Waals surface area contributed by atoms with Crippen LogP contribution in [0.25, 0.3) is 0 Å². The maximum Gasteiger partial charge on any atom is 0.313 e. The molecule has 0 N–H and O–H groups in total. The van der Waals surface area contributed by atoms with Gasteiger partial charge >= 0.3 is 5.97 Å². The molecular weight excluding hydrogens is 448 g/mol. The van der Waals surface area contributed by atoms with Crippen LogP contribution in [0.3, 0.4) is 0 Å². The molecule has 0 radical (unpaired) electrons. The van der Waals surface area contributed by atoms with Crippen LogP contribution in [0.1, 0.15) is 64.5 Å². The van der Waals surface area contributed by atoms with Gasteiger partial charge in [-0.25, -0.2) is 0 Å². The number of rotatable bonds is 14. The number of hydrogen-bond acceptors (Lipinski definition) is 4. The second kappa shape index (κ2) is 13.8. The van der Waals surface area contributed by atoms with E-state index >= 15 is 0 Å². The largest absolute Gasteiger partial charge is 0.460 e. The van der Waals surface area contributed by atoms with Crippen LogP contribution in [0.15, 0.2) is 72.3 Å². The fourth-order valence-corrected chi connectivity index (χ4v) is 4.68. The van der Waals surface area contributed by atoms with Crippen LogP contribution >= 0.6 is 0 Å². The van der Waals surface area contributed by atoms with Gasteiger partial charge in [0, 0.05) is 18.6 Å². The van der Waals surface area contributed by atoms with Gasteiger partial charge in [0.1, 0.15) is 5.60 Å². The van der Waals surface area contributed by atoms with E-state index in [1.807, 2.05) is 39.8 Å². The van der Waals surface area contributed by atoms with Gasteiger partial charge in [0.25, 0.3) is 0 Å². The van der Waals surface area contributed by atoms with Crippen molar-refractivity contribution in [3.05, 3.63) is 83.4 Å². The van der Waals surface area contributed by atoms with Crippen molar-refractivity contribution in [3.8, 4) is 0 Å². The molecule has 2 aromatic rings. The Balaban J connectivity index is 1.50. The SMILES string of the molecule is CC(C(=O)OC(C)(C)C)C1=CCC(COCCCc2ccccc2)(COCCCc2ccccc2)C1. The van der Waals surface area contributed by atoms with Gasteiger partial charge in [-0.05, 0) is 77.3 Å². The maximum atomic E-state index is 12.7. The number of carbonyl (C=O) groups excluding carboxylic acids is 1. The molecule has 4 nitrogen and oxygen atoms in total. The number of carbonyl (C=O) groups is 1. The van der Waals surface area contributed by atoms with Crippen LogP contribution in [0, 0.1) is 11.3 Å². The quantitative estimate of drug-likeness (QED) is 0.162. The Morgan fingerprint density at radius 1 is 0.861 bits per heavy atom. The smallest absolute Gasteiger partial charge is 0.313 e.